The van der Waals surface area contributed by atoms with E-state index in [-0.39, 0.29) is 6.61 Å². The molecule has 0 spiro atoms. The standard InChI is InChI=1S/C15H15BrClNO/c1-15(10-19,11-2-6-13(17)7-3-11)18-14-8-4-12(16)5-9-14/h2-9,18-19H,10H2,1H3. The highest BCUT2D eigenvalue weighted by Gasteiger charge is 2.25. The van der Waals surface area contributed by atoms with Crippen LogP contribution >= 0.6 is 27.5 Å². The van der Waals surface area contributed by atoms with E-state index in [1.54, 1.807) is 0 Å². The van der Waals surface area contributed by atoms with E-state index in [2.05, 4.69) is 21.2 Å². The summed E-state index contributed by atoms with van der Waals surface area (Å²) in [4.78, 5) is 0. The van der Waals surface area contributed by atoms with Crippen LogP contribution in [0.25, 0.3) is 0 Å². The second kappa shape index (κ2) is 5.95. The molecule has 0 aliphatic carbocycles. The van der Waals surface area contributed by atoms with Crippen LogP contribution in [-0.4, -0.2) is 11.7 Å². The van der Waals surface area contributed by atoms with Gasteiger partial charge in [-0.1, -0.05) is 39.7 Å². The normalized spacial score (nSPS) is 13.9. The molecular formula is C15H15BrClNO. The minimum Gasteiger partial charge on any atom is -0.394 e. The molecule has 0 saturated carbocycles. The zero-order valence-electron chi connectivity index (χ0n) is 10.5. The molecule has 2 aromatic carbocycles. The molecular weight excluding hydrogens is 326 g/mol. The Bertz CT molecular complexity index is 541. The average molecular weight is 341 g/mol. The molecule has 0 heterocycles. The van der Waals surface area contributed by atoms with Crippen molar-refractivity contribution in [1.29, 1.82) is 0 Å². The summed E-state index contributed by atoms with van der Waals surface area (Å²) in [7, 11) is 0. The number of aliphatic hydroxyl groups excluding tert-OH is 1. The van der Waals surface area contributed by atoms with Gasteiger partial charge in [0.1, 0.15) is 0 Å². The van der Waals surface area contributed by atoms with E-state index in [0.717, 1.165) is 15.7 Å². The Morgan fingerprint density at radius 2 is 1.68 bits per heavy atom. The summed E-state index contributed by atoms with van der Waals surface area (Å²) in [6.07, 6.45) is 0. The lowest BCUT2D eigenvalue weighted by molar-refractivity contribution is 0.224. The monoisotopic (exact) mass is 339 g/mol. The van der Waals surface area contributed by atoms with E-state index in [1.165, 1.54) is 0 Å². The summed E-state index contributed by atoms with van der Waals surface area (Å²) < 4.78 is 1.02. The van der Waals surface area contributed by atoms with Gasteiger partial charge in [0.15, 0.2) is 0 Å². The Morgan fingerprint density at radius 3 is 2.21 bits per heavy atom. The Kier molecular flexibility index (Phi) is 4.50. The third-order valence-electron chi connectivity index (χ3n) is 3.06. The fourth-order valence-corrected chi connectivity index (χ4v) is 2.26. The maximum atomic E-state index is 9.72. The van der Waals surface area contributed by atoms with E-state index < -0.39 is 5.54 Å². The molecule has 2 N–H and O–H groups in total. The van der Waals surface area contributed by atoms with Crippen LogP contribution in [0.3, 0.4) is 0 Å². The first kappa shape index (κ1) is 14.4. The fraction of sp³-hybridized carbons (Fsp3) is 0.200. The van der Waals surface area contributed by atoms with Crippen molar-refractivity contribution in [2.45, 2.75) is 12.5 Å². The third kappa shape index (κ3) is 3.50. The van der Waals surface area contributed by atoms with Crippen LogP contribution in [0.2, 0.25) is 5.02 Å². The van der Waals surface area contributed by atoms with E-state index in [9.17, 15) is 5.11 Å². The Morgan fingerprint density at radius 1 is 1.11 bits per heavy atom. The molecule has 0 fully saturated rings. The fourth-order valence-electron chi connectivity index (χ4n) is 1.87. The number of nitrogens with one attached hydrogen (secondary N) is 1. The van der Waals surface area contributed by atoms with Crippen LogP contribution in [0.5, 0.6) is 0 Å². The first-order valence-electron chi connectivity index (χ1n) is 5.94. The molecule has 2 aromatic rings. The molecule has 1 unspecified atom stereocenters. The number of hydrogen-bond donors (Lipinski definition) is 2. The summed E-state index contributed by atoms with van der Waals surface area (Å²) in [6, 6.07) is 15.3. The molecule has 1 atom stereocenters. The second-order valence-electron chi connectivity index (χ2n) is 4.63. The Hall–Kier alpha value is -1.03. The van der Waals surface area contributed by atoms with Crippen molar-refractivity contribution in [2.24, 2.45) is 0 Å². The minimum atomic E-state index is -0.543. The summed E-state index contributed by atoms with van der Waals surface area (Å²) >= 11 is 9.30. The predicted molar refractivity (Wildman–Crippen MR) is 83.7 cm³/mol. The van der Waals surface area contributed by atoms with Crippen LogP contribution in [0.15, 0.2) is 53.0 Å². The number of hydrogen-bond acceptors (Lipinski definition) is 2. The molecule has 0 aliphatic rings. The molecule has 2 rings (SSSR count). The molecule has 19 heavy (non-hydrogen) atoms. The SMILES string of the molecule is CC(CO)(Nc1ccc(Br)cc1)c1ccc(Cl)cc1. The largest absolute Gasteiger partial charge is 0.394 e. The molecule has 0 saturated heterocycles. The van der Waals surface area contributed by atoms with Crippen molar-refractivity contribution >= 4 is 33.2 Å². The van der Waals surface area contributed by atoms with Gasteiger partial charge in [-0.2, -0.15) is 0 Å². The van der Waals surface area contributed by atoms with Crippen molar-refractivity contribution in [2.75, 3.05) is 11.9 Å². The first-order chi connectivity index (χ1) is 9.03. The number of halogens is 2. The van der Waals surface area contributed by atoms with Crippen LogP contribution in [0.4, 0.5) is 5.69 Å². The van der Waals surface area contributed by atoms with Crippen LogP contribution < -0.4 is 5.32 Å². The maximum absolute atomic E-state index is 9.72. The van der Waals surface area contributed by atoms with Crippen molar-refractivity contribution in [1.82, 2.24) is 0 Å². The quantitative estimate of drug-likeness (QED) is 0.863. The summed E-state index contributed by atoms with van der Waals surface area (Å²) in [5.41, 5.74) is 1.40. The van der Waals surface area contributed by atoms with Gasteiger partial charge in [-0.15, -0.1) is 0 Å². The van der Waals surface area contributed by atoms with Crippen molar-refractivity contribution in [3.05, 3.63) is 63.6 Å². The van der Waals surface area contributed by atoms with Gasteiger partial charge in [-0.3, -0.25) is 0 Å². The zero-order valence-corrected chi connectivity index (χ0v) is 12.9. The topological polar surface area (TPSA) is 32.3 Å². The smallest absolute Gasteiger partial charge is 0.0828 e. The zero-order chi connectivity index (χ0) is 13.9. The van der Waals surface area contributed by atoms with Gasteiger partial charge in [-0.25, -0.2) is 0 Å². The van der Waals surface area contributed by atoms with Gasteiger partial charge in [0.05, 0.1) is 12.1 Å². The summed E-state index contributed by atoms with van der Waals surface area (Å²) in [6.45, 7) is 1.95. The molecule has 2 nitrogen and oxygen atoms in total. The third-order valence-corrected chi connectivity index (χ3v) is 3.84. The van der Waals surface area contributed by atoms with E-state index in [4.69, 9.17) is 11.6 Å². The summed E-state index contributed by atoms with van der Waals surface area (Å²) in [5, 5.41) is 13.8. The molecule has 0 amide bonds. The van der Waals surface area contributed by atoms with Crippen molar-refractivity contribution in [3.8, 4) is 0 Å². The molecule has 0 aliphatic heterocycles. The Balaban J connectivity index is 2.27. The minimum absolute atomic E-state index is 0.00923. The average Bonchev–Trinajstić information content (AvgIpc) is 2.42. The molecule has 0 radical (unpaired) electrons. The number of benzene rings is 2. The van der Waals surface area contributed by atoms with Gasteiger partial charge in [0.25, 0.3) is 0 Å². The summed E-state index contributed by atoms with van der Waals surface area (Å²) in [5.74, 6) is 0. The highest BCUT2D eigenvalue weighted by Crippen LogP contribution is 2.27. The van der Waals surface area contributed by atoms with Gasteiger partial charge in [0, 0.05) is 15.2 Å². The first-order valence-corrected chi connectivity index (χ1v) is 7.11. The van der Waals surface area contributed by atoms with Crippen LogP contribution in [0, 0.1) is 0 Å². The molecule has 4 heteroatoms. The van der Waals surface area contributed by atoms with Gasteiger partial charge < -0.3 is 10.4 Å². The maximum Gasteiger partial charge on any atom is 0.0828 e. The van der Waals surface area contributed by atoms with Crippen molar-refractivity contribution in [3.63, 3.8) is 0 Å². The number of aliphatic hydroxyl groups is 1. The molecule has 0 bridgehead atoms. The molecule has 100 valence electrons. The Labute approximate surface area is 126 Å². The lowest BCUT2D eigenvalue weighted by Gasteiger charge is -2.30. The lowest BCUT2D eigenvalue weighted by atomic mass is 9.92. The second-order valence-corrected chi connectivity index (χ2v) is 5.98. The van der Waals surface area contributed by atoms with Crippen LogP contribution in [0.1, 0.15) is 12.5 Å². The van der Waals surface area contributed by atoms with Gasteiger partial charge in [0.2, 0.25) is 0 Å². The predicted octanol–water partition coefficient (Wildman–Crippen LogP) is 4.42. The molecule has 0 aromatic heterocycles. The van der Waals surface area contributed by atoms with Gasteiger partial charge in [-0.05, 0) is 48.9 Å². The highest BCUT2D eigenvalue weighted by molar-refractivity contribution is 9.10. The van der Waals surface area contributed by atoms with Gasteiger partial charge >= 0.3 is 0 Å². The van der Waals surface area contributed by atoms with Crippen molar-refractivity contribution < 1.29 is 5.11 Å². The highest BCUT2D eigenvalue weighted by atomic mass is 79.9. The number of rotatable bonds is 4. The number of anilines is 1. The lowest BCUT2D eigenvalue weighted by Crippen LogP contribution is -2.35. The van der Waals surface area contributed by atoms with E-state index >= 15 is 0 Å². The van der Waals surface area contributed by atoms with E-state index in [1.807, 2.05) is 55.5 Å². The van der Waals surface area contributed by atoms with Crippen LogP contribution in [-0.2, 0) is 5.54 Å². The van der Waals surface area contributed by atoms with E-state index in [0.29, 0.717) is 5.02 Å².